The van der Waals surface area contributed by atoms with Gasteiger partial charge in [0.15, 0.2) is 0 Å². The van der Waals surface area contributed by atoms with Crippen molar-refractivity contribution in [1.82, 2.24) is 25.5 Å². The molecule has 4 rings (SSSR count). The normalized spacial score (nSPS) is 27.5. The Morgan fingerprint density at radius 2 is 1.68 bits per heavy atom. The van der Waals surface area contributed by atoms with Crippen LogP contribution in [0.3, 0.4) is 0 Å². The molecule has 0 aromatic carbocycles. The summed E-state index contributed by atoms with van der Waals surface area (Å²) in [5, 5.41) is 6.37. The van der Waals surface area contributed by atoms with Crippen LogP contribution < -0.4 is 15.5 Å². The van der Waals surface area contributed by atoms with Gasteiger partial charge in [0, 0.05) is 42.1 Å². The van der Waals surface area contributed by atoms with E-state index in [0.29, 0.717) is 37.0 Å². The fraction of sp³-hybridized carbons (Fsp3) is 0.769. The predicted molar refractivity (Wildman–Crippen MR) is 134 cm³/mol. The van der Waals surface area contributed by atoms with Gasteiger partial charge in [0.05, 0.1) is 6.54 Å². The molecule has 3 saturated heterocycles. The number of carbonyl (C=O) groups is 2. The predicted octanol–water partition coefficient (Wildman–Crippen LogP) is 2.73. The van der Waals surface area contributed by atoms with E-state index in [-0.39, 0.29) is 23.4 Å². The van der Waals surface area contributed by atoms with Gasteiger partial charge in [0.25, 0.3) is 0 Å². The van der Waals surface area contributed by atoms with E-state index in [4.69, 9.17) is 0 Å². The Bertz CT molecular complexity index is 864. The highest BCUT2D eigenvalue weighted by atomic mass is 16.2. The number of aryl methyl sites for hydroxylation is 2. The lowest BCUT2D eigenvalue weighted by atomic mass is 9.90. The van der Waals surface area contributed by atoms with Crippen LogP contribution in [0.25, 0.3) is 0 Å². The highest BCUT2D eigenvalue weighted by Crippen LogP contribution is 2.38. The van der Waals surface area contributed by atoms with Crippen molar-refractivity contribution in [1.29, 1.82) is 0 Å². The summed E-state index contributed by atoms with van der Waals surface area (Å²) < 4.78 is 0. The lowest BCUT2D eigenvalue weighted by molar-refractivity contribution is -0.125. The van der Waals surface area contributed by atoms with Crippen molar-refractivity contribution in [2.24, 2.45) is 5.92 Å². The molecule has 3 fully saturated rings. The largest absolute Gasteiger partial charge is 0.354 e. The number of carbonyl (C=O) groups excluding carboxylic acids is 2. The van der Waals surface area contributed by atoms with Crippen LogP contribution in [-0.2, 0) is 9.59 Å². The Kier molecular flexibility index (Phi) is 7.45. The van der Waals surface area contributed by atoms with Crippen molar-refractivity contribution in [2.75, 3.05) is 24.5 Å². The van der Waals surface area contributed by atoms with Gasteiger partial charge in [0.2, 0.25) is 17.8 Å². The standard InChI is InChI=1S/C26H42N6O2/c1-17-12-18(2)29-25(28-17)31-11-7-6-8-22(31)24(34)27-15-19-13-20-9-10-21(14-19)32(20)16-23(33)30-26(3,4)5/h12,19-22H,6-11,13-16H2,1-5H3,(H,27,34)(H,30,33)/t19-,20+,21-,22?. The zero-order valence-electron chi connectivity index (χ0n) is 21.6. The van der Waals surface area contributed by atoms with Crippen LogP contribution in [0.1, 0.15) is 77.1 Å². The number of anilines is 1. The van der Waals surface area contributed by atoms with Crippen molar-refractivity contribution in [3.8, 4) is 0 Å². The van der Waals surface area contributed by atoms with E-state index in [1.165, 1.54) is 0 Å². The second-order valence-electron chi connectivity index (χ2n) is 11.6. The lowest BCUT2D eigenvalue weighted by Gasteiger charge is -2.39. The fourth-order valence-electron chi connectivity index (χ4n) is 6.08. The smallest absolute Gasteiger partial charge is 0.242 e. The number of fused-ring (bicyclic) bond motifs is 2. The molecule has 0 radical (unpaired) electrons. The zero-order chi connectivity index (χ0) is 24.5. The van der Waals surface area contributed by atoms with Crippen molar-refractivity contribution in [2.45, 2.75) is 103 Å². The van der Waals surface area contributed by atoms with E-state index >= 15 is 0 Å². The maximum atomic E-state index is 13.2. The van der Waals surface area contributed by atoms with E-state index in [0.717, 1.165) is 62.9 Å². The summed E-state index contributed by atoms with van der Waals surface area (Å²) in [5.41, 5.74) is 1.67. The third kappa shape index (κ3) is 6.06. The van der Waals surface area contributed by atoms with Gasteiger partial charge >= 0.3 is 0 Å². The number of hydrogen-bond donors (Lipinski definition) is 2. The Morgan fingerprint density at radius 1 is 1.03 bits per heavy atom. The molecular formula is C26H42N6O2. The summed E-state index contributed by atoms with van der Waals surface area (Å²) >= 11 is 0. The topological polar surface area (TPSA) is 90.5 Å². The lowest BCUT2D eigenvalue weighted by Crippen LogP contribution is -2.53. The van der Waals surface area contributed by atoms with Crippen LogP contribution >= 0.6 is 0 Å². The molecule has 34 heavy (non-hydrogen) atoms. The van der Waals surface area contributed by atoms with Gasteiger partial charge in [-0.25, -0.2) is 9.97 Å². The quantitative estimate of drug-likeness (QED) is 0.664. The molecule has 1 aromatic heterocycles. The maximum absolute atomic E-state index is 13.2. The number of nitrogens with zero attached hydrogens (tertiary/aromatic N) is 4. The Labute approximate surface area is 204 Å². The Balaban J connectivity index is 1.31. The summed E-state index contributed by atoms with van der Waals surface area (Å²) in [6.07, 6.45) is 7.36. The van der Waals surface area contributed by atoms with E-state index in [1.807, 2.05) is 40.7 Å². The molecule has 2 amide bonds. The maximum Gasteiger partial charge on any atom is 0.242 e. The van der Waals surface area contributed by atoms with Crippen molar-refractivity contribution < 1.29 is 9.59 Å². The van der Waals surface area contributed by atoms with E-state index < -0.39 is 0 Å². The van der Waals surface area contributed by atoms with Gasteiger partial charge in [-0.2, -0.15) is 0 Å². The molecule has 4 heterocycles. The monoisotopic (exact) mass is 470 g/mol. The Morgan fingerprint density at radius 3 is 2.29 bits per heavy atom. The first-order valence-corrected chi connectivity index (χ1v) is 13.0. The van der Waals surface area contributed by atoms with Gasteiger partial charge in [-0.1, -0.05) is 0 Å². The third-order valence-electron chi connectivity index (χ3n) is 7.42. The molecule has 8 nitrogen and oxygen atoms in total. The number of hydrogen-bond acceptors (Lipinski definition) is 6. The van der Waals surface area contributed by atoms with Crippen LogP contribution in [-0.4, -0.2) is 70.0 Å². The van der Waals surface area contributed by atoms with Crippen LogP contribution in [0.4, 0.5) is 5.95 Å². The highest BCUT2D eigenvalue weighted by Gasteiger charge is 2.42. The van der Waals surface area contributed by atoms with Crippen molar-refractivity contribution >= 4 is 17.8 Å². The molecule has 3 aliphatic heterocycles. The molecule has 1 aromatic rings. The molecule has 4 atom stereocenters. The zero-order valence-corrected chi connectivity index (χ0v) is 21.6. The minimum absolute atomic E-state index is 0.0989. The van der Waals surface area contributed by atoms with Crippen LogP contribution in [0, 0.1) is 19.8 Å². The van der Waals surface area contributed by atoms with Gasteiger partial charge in [-0.3, -0.25) is 14.5 Å². The van der Waals surface area contributed by atoms with E-state index in [2.05, 4.69) is 30.4 Å². The van der Waals surface area contributed by atoms with Gasteiger partial charge in [0.1, 0.15) is 6.04 Å². The average Bonchev–Trinajstić information content (AvgIpc) is 2.97. The second-order valence-corrected chi connectivity index (χ2v) is 11.6. The molecule has 188 valence electrons. The summed E-state index contributed by atoms with van der Waals surface area (Å²) in [6, 6.07) is 2.66. The summed E-state index contributed by atoms with van der Waals surface area (Å²) in [7, 11) is 0. The SMILES string of the molecule is Cc1cc(C)nc(N2CCCCC2C(=O)NC[C@H]2C[C@H]3CC[C@@H](C2)N3CC(=O)NC(C)(C)C)n1. The first-order chi connectivity index (χ1) is 16.1. The first-order valence-electron chi connectivity index (χ1n) is 13.0. The molecular weight excluding hydrogens is 428 g/mol. The number of piperidine rings is 2. The Hall–Kier alpha value is -2.22. The minimum Gasteiger partial charge on any atom is -0.354 e. The third-order valence-corrected chi connectivity index (χ3v) is 7.42. The number of amides is 2. The second kappa shape index (κ2) is 10.2. The molecule has 0 spiro atoms. The minimum atomic E-state index is -0.201. The number of aromatic nitrogens is 2. The van der Waals surface area contributed by atoms with Gasteiger partial charge in [-0.05, 0) is 91.5 Å². The van der Waals surface area contributed by atoms with Gasteiger partial charge in [-0.15, -0.1) is 0 Å². The summed E-state index contributed by atoms with van der Waals surface area (Å²) in [5.74, 6) is 1.36. The van der Waals surface area contributed by atoms with E-state index in [9.17, 15) is 9.59 Å². The first kappa shape index (κ1) is 24.9. The van der Waals surface area contributed by atoms with Crippen LogP contribution in [0.5, 0.6) is 0 Å². The fourth-order valence-corrected chi connectivity index (χ4v) is 6.08. The van der Waals surface area contributed by atoms with Crippen molar-refractivity contribution in [3.05, 3.63) is 17.5 Å². The summed E-state index contributed by atoms with van der Waals surface area (Å²) in [6.45, 7) is 12.0. The molecule has 2 bridgehead atoms. The van der Waals surface area contributed by atoms with Crippen LogP contribution in [0.2, 0.25) is 0 Å². The molecule has 8 heteroatoms. The van der Waals surface area contributed by atoms with E-state index in [1.54, 1.807) is 0 Å². The molecule has 0 aliphatic carbocycles. The number of rotatable bonds is 6. The van der Waals surface area contributed by atoms with Gasteiger partial charge < -0.3 is 15.5 Å². The van der Waals surface area contributed by atoms with Crippen molar-refractivity contribution in [3.63, 3.8) is 0 Å². The molecule has 2 N–H and O–H groups in total. The molecule has 1 unspecified atom stereocenters. The molecule has 0 saturated carbocycles. The molecule has 3 aliphatic rings. The number of nitrogens with one attached hydrogen (secondary N) is 2. The highest BCUT2D eigenvalue weighted by molar-refractivity contribution is 5.85. The average molecular weight is 471 g/mol. The van der Waals surface area contributed by atoms with Crippen LogP contribution in [0.15, 0.2) is 6.07 Å². The summed E-state index contributed by atoms with van der Waals surface area (Å²) in [4.78, 5) is 39.5.